The molecule has 1 rings (SSSR count). The molecular weight excluding hydrogens is 192 g/mol. The van der Waals surface area contributed by atoms with Crippen LogP contribution in [0.15, 0.2) is 6.07 Å². The van der Waals surface area contributed by atoms with E-state index < -0.39 is 5.97 Å². The van der Waals surface area contributed by atoms with E-state index in [2.05, 4.69) is 31.0 Å². The molecule has 0 aliphatic carbocycles. The lowest BCUT2D eigenvalue weighted by Crippen LogP contribution is -2.12. The molecule has 4 heteroatoms. The van der Waals surface area contributed by atoms with E-state index in [0.717, 1.165) is 11.4 Å². The highest BCUT2D eigenvalue weighted by atomic mass is 16.4. The van der Waals surface area contributed by atoms with Gasteiger partial charge in [0.05, 0.1) is 11.6 Å². The van der Waals surface area contributed by atoms with Gasteiger partial charge in [0.1, 0.15) is 0 Å². The summed E-state index contributed by atoms with van der Waals surface area (Å²) < 4.78 is 0. The minimum absolute atomic E-state index is 0.00120. The molecule has 0 fully saturated rings. The number of carbonyl (C=O) groups is 1. The van der Waals surface area contributed by atoms with Crippen LogP contribution in [0.5, 0.6) is 0 Å². The third-order valence-corrected chi connectivity index (χ3v) is 2.35. The fourth-order valence-electron chi connectivity index (χ4n) is 1.27. The zero-order chi connectivity index (χ0) is 11.6. The predicted molar refractivity (Wildman–Crippen MR) is 57.8 cm³/mol. The van der Waals surface area contributed by atoms with E-state index in [1.807, 2.05) is 6.07 Å². The van der Waals surface area contributed by atoms with Gasteiger partial charge in [-0.1, -0.05) is 27.7 Å². The molecule has 1 aromatic heterocycles. The van der Waals surface area contributed by atoms with E-state index >= 15 is 0 Å². The van der Waals surface area contributed by atoms with Crippen LogP contribution >= 0.6 is 0 Å². The van der Waals surface area contributed by atoms with Crippen molar-refractivity contribution >= 4 is 5.97 Å². The highest BCUT2D eigenvalue weighted by Gasteiger charge is 2.19. The van der Waals surface area contributed by atoms with E-state index in [-0.39, 0.29) is 11.3 Å². The molecular formula is C11H18N2O2. The summed E-state index contributed by atoms with van der Waals surface area (Å²) in [4.78, 5) is 10.7. The maximum Gasteiger partial charge on any atom is 0.306 e. The Hall–Kier alpha value is -1.32. The third-order valence-electron chi connectivity index (χ3n) is 2.35. The quantitative estimate of drug-likeness (QED) is 0.801. The molecule has 15 heavy (non-hydrogen) atoms. The van der Waals surface area contributed by atoms with Crippen molar-refractivity contribution in [1.29, 1.82) is 0 Å². The van der Waals surface area contributed by atoms with E-state index in [9.17, 15) is 4.79 Å². The van der Waals surface area contributed by atoms with Gasteiger partial charge < -0.3 is 5.11 Å². The molecule has 4 nitrogen and oxygen atoms in total. The molecule has 1 atom stereocenters. The van der Waals surface area contributed by atoms with Crippen molar-refractivity contribution < 1.29 is 9.90 Å². The molecule has 0 aliphatic heterocycles. The lowest BCUT2D eigenvalue weighted by Gasteiger charge is -2.13. The number of nitrogens with zero attached hydrogens (tertiary/aromatic N) is 1. The van der Waals surface area contributed by atoms with Gasteiger partial charge in [-0.25, -0.2) is 0 Å². The molecule has 0 spiro atoms. The number of hydrogen-bond donors (Lipinski definition) is 2. The first-order valence-corrected chi connectivity index (χ1v) is 5.08. The number of H-pyrrole nitrogens is 1. The highest BCUT2D eigenvalue weighted by Crippen LogP contribution is 2.21. The summed E-state index contributed by atoms with van der Waals surface area (Å²) in [5.41, 5.74) is 1.85. The number of carboxylic acids is 1. The van der Waals surface area contributed by atoms with Crippen molar-refractivity contribution in [2.24, 2.45) is 5.92 Å². The van der Waals surface area contributed by atoms with Gasteiger partial charge in [-0.15, -0.1) is 0 Å². The number of nitrogens with one attached hydrogen (secondary N) is 1. The Morgan fingerprint density at radius 2 is 2.20 bits per heavy atom. The van der Waals surface area contributed by atoms with E-state index in [1.54, 1.807) is 6.92 Å². The average Bonchev–Trinajstić information content (AvgIpc) is 2.51. The Morgan fingerprint density at radius 3 is 2.60 bits per heavy atom. The molecule has 0 aromatic carbocycles. The summed E-state index contributed by atoms with van der Waals surface area (Å²) in [5, 5.41) is 15.8. The van der Waals surface area contributed by atoms with Gasteiger partial charge in [0, 0.05) is 17.5 Å². The molecule has 0 radical (unpaired) electrons. The maximum absolute atomic E-state index is 10.7. The molecule has 0 bridgehead atoms. The Morgan fingerprint density at radius 1 is 1.60 bits per heavy atom. The first-order valence-electron chi connectivity index (χ1n) is 5.08. The van der Waals surface area contributed by atoms with Crippen LogP contribution in [0.2, 0.25) is 0 Å². The van der Waals surface area contributed by atoms with Crippen LogP contribution in [0.25, 0.3) is 0 Å². The van der Waals surface area contributed by atoms with Crippen LogP contribution in [0, 0.1) is 5.92 Å². The van der Waals surface area contributed by atoms with Gasteiger partial charge in [0.25, 0.3) is 0 Å². The molecule has 2 N–H and O–H groups in total. The van der Waals surface area contributed by atoms with E-state index in [4.69, 9.17) is 5.11 Å². The second-order valence-corrected chi connectivity index (χ2v) is 4.97. The fourth-order valence-corrected chi connectivity index (χ4v) is 1.27. The molecule has 0 saturated carbocycles. The number of hydrogen-bond acceptors (Lipinski definition) is 2. The lowest BCUT2D eigenvalue weighted by molar-refractivity contribution is -0.141. The van der Waals surface area contributed by atoms with Gasteiger partial charge in [0.2, 0.25) is 0 Å². The number of rotatable bonds is 3. The molecule has 0 aliphatic rings. The van der Waals surface area contributed by atoms with Gasteiger partial charge >= 0.3 is 5.97 Å². The Labute approximate surface area is 89.7 Å². The Balaban J connectivity index is 2.73. The van der Waals surface area contributed by atoms with Crippen molar-refractivity contribution in [2.75, 3.05) is 0 Å². The molecule has 0 saturated heterocycles. The largest absolute Gasteiger partial charge is 0.481 e. The van der Waals surface area contributed by atoms with Gasteiger partial charge in [-0.3, -0.25) is 9.89 Å². The first kappa shape index (κ1) is 11.8. The smallest absolute Gasteiger partial charge is 0.306 e. The van der Waals surface area contributed by atoms with Gasteiger partial charge in [-0.05, 0) is 6.07 Å². The average molecular weight is 210 g/mol. The fraction of sp³-hybridized carbons (Fsp3) is 0.636. The van der Waals surface area contributed by atoms with Crippen LogP contribution in [0.4, 0.5) is 0 Å². The van der Waals surface area contributed by atoms with Crippen molar-refractivity contribution in [3.05, 3.63) is 17.5 Å². The monoisotopic (exact) mass is 210 g/mol. The van der Waals surface area contributed by atoms with Crippen molar-refractivity contribution in [3.63, 3.8) is 0 Å². The van der Waals surface area contributed by atoms with Crippen LogP contribution in [0.1, 0.15) is 39.1 Å². The van der Waals surface area contributed by atoms with E-state index in [0.29, 0.717) is 6.42 Å². The summed E-state index contributed by atoms with van der Waals surface area (Å²) in [5.74, 6) is -1.15. The van der Waals surface area contributed by atoms with Gasteiger partial charge in [0.15, 0.2) is 0 Å². The van der Waals surface area contributed by atoms with Crippen LogP contribution in [0.3, 0.4) is 0 Å². The third kappa shape index (κ3) is 3.08. The molecule has 84 valence electrons. The lowest BCUT2D eigenvalue weighted by atomic mass is 9.92. The normalized spacial score (nSPS) is 13.9. The maximum atomic E-state index is 10.7. The predicted octanol–water partition coefficient (Wildman–Crippen LogP) is 1.97. The van der Waals surface area contributed by atoms with E-state index in [1.165, 1.54) is 0 Å². The second kappa shape index (κ2) is 4.04. The molecule has 0 amide bonds. The molecule has 1 heterocycles. The highest BCUT2D eigenvalue weighted by molar-refractivity contribution is 5.69. The summed E-state index contributed by atoms with van der Waals surface area (Å²) in [7, 11) is 0. The van der Waals surface area contributed by atoms with Crippen molar-refractivity contribution in [1.82, 2.24) is 10.2 Å². The standard InChI is InChI=1S/C11H18N2O2/c1-7(10(14)15)5-8-6-9(13-12-8)11(2,3)4/h6-7H,5H2,1-4H3,(H,12,13)(H,14,15). The number of carboxylic acid groups (broad SMARTS) is 1. The van der Waals surface area contributed by atoms with Crippen LogP contribution < -0.4 is 0 Å². The Bertz CT molecular complexity index is 350. The van der Waals surface area contributed by atoms with Crippen LogP contribution in [-0.2, 0) is 16.6 Å². The SMILES string of the molecule is CC(Cc1cc(C(C)(C)C)n[nH]1)C(=O)O. The van der Waals surface area contributed by atoms with Crippen molar-refractivity contribution in [2.45, 2.75) is 39.5 Å². The first-order chi connectivity index (χ1) is 6.80. The number of aromatic nitrogens is 2. The molecule has 1 unspecified atom stereocenters. The number of aliphatic carboxylic acids is 1. The zero-order valence-electron chi connectivity index (χ0n) is 9.66. The second-order valence-electron chi connectivity index (χ2n) is 4.97. The van der Waals surface area contributed by atoms with Gasteiger partial charge in [-0.2, -0.15) is 5.10 Å². The number of aromatic amines is 1. The zero-order valence-corrected chi connectivity index (χ0v) is 9.66. The Kier molecular flexibility index (Phi) is 3.17. The summed E-state index contributed by atoms with van der Waals surface area (Å²) in [6.45, 7) is 7.93. The summed E-state index contributed by atoms with van der Waals surface area (Å²) >= 11 is 0. The summed E-state index contributed by atoms with van der Waals surface area (Å²) in [6.07, 6.45) is 0.498. The minimum atomic E-state index is -0.776. The van der Waals surface area contributed by atoms with Crippen LogP contribution in [-0.4, -0.2) is 21.3 Å². The van der Waals surface area contributed by atoms with Crippen molar-refractivity contribution in [3.8, 4) is 0 Å². The topological polar surface area (TPSA) is 66.0 Å². The minimum Gasteiger partial charge on any atom is -0.481 e. The molecule has 1 aromatic rings. The summed E-state index contributed by atoms with van der Waals surface area (Å²) in [6, 6.07) is 1.94.